The average molecular weight is 173 g/mol. The van der Waals surface area contributed by atoms with Crippen LogP contribution in [-0.2, 0) is 0 Å². The van der Waals surface area contributed by atoms with E-state index in [2.05, 4.69) is 4.98 Å². The molecule has 0 unspecified atom stereocenters. The minimum atomic E-state index is 0. The molecule has 3 nitrogen and oxygen atoms in total. The minimum Gasteiger partial charge on any atom is -0.412 e. The van der Waals surface area contributed by atoms with E-state index < -0.39 is 0 Å². The Hall–Kier alpha value is -1.06. The predicted octanol–water partition coefficient (Wildman–Crippen LogP) is 0.931. The second kappa shape index (κ2) is 3.95. The summed E-state index contributed by atoms with van der Waals surface area (Å²) in [4.78, 5) is 3.96. The highest BCUT2D eigenvalue weighted by molar-refractivity contribution is 5.85. The molecule has 2 aromatic heterocycles. The number of halogens is 1. The Balaban J connectivity index is 0.000000500. The van der Waals surface area contributed by atoms with Gasteiger partial charge in [0.1, 0.15) is 0 Å². The molecule has 0 fully saturated rings. The SMILES string of the molecule is Cl.O.c1cc2cnccn2c1. The van der Waals surface area contributed by atoms with Crippen LogP contribution in [0.25, 0.3) is 5.52 Å². The van der Waals surface area contributed by atoms with Crippen LogP contribution in [0.15, 0.2) is 36.9 Å². The van der Waals surface area contributed by atoms with E-state index in [1.165, 1.54) is 0 Å². The molecule has 60 valence electrons. The lowest BCUT2D eigenvalue weighted by atomic mass is 10.5. The van der Waals surface area contributed by atoms with E-state index in [9.17, 15) is 0 Å². The Morgan fingerprint density at radius 3 is 2.82 bits per heavy atom. The maximum Gasteiger partial charge on any atom is 0.0634 e. The first-order valence-electron chi connectivity index (χ1n) is 2.83. The van der Waals surface area contributed by atoms with Crippen molar-refractivity contribution in [2.24, 2.45) is 0 Å². The zero-order valence-electron chi connectivity index (χ0n) is 5.77. The van der Waals surface area contributed by atoms with Crippen LogP contribution >= 0.6 is 12.4 Å². The lowest BCUT2D eigenvalue weighted by molar-refractivity contribution is 0.824. The van der Waals surface area contributed by atoms with Crippen molar-refractivity contribution >= 4 is 17.9 Å². The lowest BCUT2D eigenvalue weighted by Gasteiger charge is -1.87. The Morgan fingerprint density at radius 2 is 2.09 bits per heavy atom. The maximum atomic E-state index is 3.96. The second-order valence-corrected chi connectivity index (χ2v) is 1.92. The van der Waals surface area contributed by atoms with Crippen molar-refractivity contribution < 1.29 is 5.48 Å². The van der Waals surface area contributed by atoms with E-state index in [1.807, 2.05) is 35.1 Å². The third-order valence-corrected chi connectivity index (χ3v) is 1.33. The molecule has 2 N–H and O–H groups in total. The molecule has 0 amide bonds. The van der Waals surface area contributed by atoms with Gasteiger partial charge >= 0.3 is 0 Å². The van der Waals surface area contributed by atoms with E-state index in [-0.39, 0.29) is 17.9 Å². The van der Waals surface area contributed by atoms with Crippen LogP contribution in [0.2, 0.25) is 0 Å². The molecule has 0 aliphatic rings. The van der Waals surface area contributed by atoms with E-state index in [1.54, 1.807) is 6.20 Å². The first kappa shape index (κ1) is 9.94. The van der Waals surface area contributed by atoms with E-state index in [0.29, 0.717) is 0 Å². The molecular formula is C7H9ClN2O. The second-order valence-electron chi connectivity index (χ2n) is 1.92. The van der Waals surface area contributed by atoms with Crippen LogP contribution < -0.4 is 0 Å². The van der Waals surface area contributed by atoms with Crippen molar-refractivity contribution in [2.45, 2.75) is 0 Å². The molecule has 11 heavy (non-hydrogen) atoms. The summed E-state index contributed by atoms with van der Waals surface area (Å²) in [6.07, 6.45) is 7.53. The molecule has 2 rings (SSSR count). The van der Waals surface area contributed by atoms with E-state index >= 15 is 0 Å². The normalized spacial score (nSPS) is 8.36. The van der Waals surface area contributed by atoms with Crippen molar-refractivity contribution in [2.75, 3.05) is 0 Å². The average Bonchev–Trinajstić information content (AvgIpc) is 2.33. The summed E-state index contributed by atoms with van der Waals surface area (Å²) in [5, 5.41) is 0. The molecule has 0 aliphatic carbocycles. The van der Waals surface area contributed by atoms with Gasteiger partial charge in [-0.1, -0.05) is 0 Å². The van der Waals surface area contributed by atoms with Crippen molar-refractivity contribution in [1.29, 1.82) is 0 Å². The molecule has 0 bridgehead atoms. The first-order chi connectivity index (χ1) is 4.47. The van der Waals surface area contributed by atoms with Crippen LogP contribution in [0.4, 0.5) is 0 Å². The summed E-state index contributed by atoms with van der Waals surface area (Å²) in [6, 6.07) is 4.02. The number of hydrogen-bond acceptors (Lipinski definition) is 1. The number of rotatable bonds is 0. The smallest absolute Gasteiger partial charge is 0.0634 e. The van der Waals surface area contributed by atoms with Crippen LogP contribution in [0.1, 0.15) is 0 Å². The molecule has 0 aromatic carbocycles. The van der Waals surface area contributed by atoms with Crippen LogP contribution in [-0.4, -0.2) is 14.9 Å². The van der Waals surface area contributed by atoms with Gasteiger partial charge in [0.15, 0.2) is 0 Å². The summed E-state index contributed by atoms with van der Waals surface area (Å²) in [5.74, 6) is 0. The standard InChI is InChI=1S/C7H6N2.ClH.H2O/c1-2-7-6-8-3-5-9(7)4-1;;/h1-6H;1H;1H2. The van der Waals surface area contributed by atoms with Gasteiger partial charge in [-0.05, 0) is 12.1 Å². The van der Waals surface area contributed by atoms with Gasteiger partial charge in [-0.3, -0.25) is 4.98 Å². The van der Waals surface area contributed by atoms with Crippen molar-refractivity contribution in [1.82, 2.24) is 9.38 Å². The number of aromatic nitrogens is 2. The zero-order valence-corrected chi connectivity index (χ0v) is 6.58. The molecule has 0 saturated carbocycles. The Bertz CT molecular complexity index is 290. The molecule has 0 atom stereocenters. The Kier molecular flexibility index (Phi) is 3.57. The molecule has 4 heteroatoms. The molecule has 0 aliphatic heterocycles. The monoisotopic (exact) mass is 172 g/mol. The van der Waals surface area contributed by atoms with Crippen LogP contribution in [0, 0.1) is 0 Å². The third kappa shape index (κ3) is 1.69. The molecule has 0 saturated heterocycles. The van der Waals surface area contributed by atoms with Gasteiger partial charge in [-0.2, -0.15) is 0 Å². The Labute approximate surface area is 70.4 Å². The van der Waals surface area contributed by atoms with E-state index in [0.717, 1.165) is 5.52 Å². The van der Waals surface area contributed by atoms with Crippen molar-refractivity contribution in [3.05, 3.63) is 36.9 Å². The zero-order chi connectivity index (χ0) is 6.10. The summed E-state index contributed by atoms with van der Waals surface area (Å²) in [7, 11) is 0. The highest BCUT2D eigenvalue weighted by Crippen LogP contribution is 1.98. The fourth-order valence-corrected chi connectivity index (χ4v) is 0.882. The van der Waals surface area contributed by atoms with Gasteiger partial charge in [0.05, 0.1) is 11.7 Å². The van der Waals surface area contributed by atoms with E-state index in [4.69, 9.17) is 0 Å². The predicted molar refractivity (Wildman–Crippen MR) is 46.1 cm³/mol. The quantitative estimate of drug-likeness (QED) is 0.583. The molecule has 0 radical (unpaired) electrons. The van der Waals surface area contributed by atoms with Gasteiger partial charge < -0.3 is 9.88 Å². The third-order valence-electron chi connectivity index (χ3n) is 1.33. The van der Waals surface area contributed by atoms with Crippen LogP contribution in [0.3, 0.4) is 0 Å². The first-order valence-corrected chi connectivity index (χ1v) is 2.83. The fourth-order valence-electron chi connectivity index (χ4n) is 0.882. The van der Waals surface area contributed by atoms with Crippen LogP contribution in [0.5, 0.6) is 0 Å². The summed E-state index contributed by atoms with van der Waals surface area (Å²) >= 11 is 0. The highest BCUT2D eigenvalue weighted by Gasteiger charge is 1.84. The molecule has 2 heterocycles. The van der Waals surface area contributed by atoms with Gasteiger partial charge in [0.25, 0.3) is 0 Å². The summed E-state index contributed by atoms with van der Waals surface area (Å²) < 4.78 is 2.02. The Morgan fingerprint density at radius 1 is 1.27 bits per heavy atom. The largest absolute Gasteiger partial charge is 0.412 e. The number of nitrogens with zero attached hydrogens (tertiary/aromatic N) is 2. The summed E-state index contributed by atoms with van der Waals surface area (Å²) in [6.45, 7) is 0. The van der Waals surface area contributed by atoms with Crippen molar-refractivity contribution in [3.63, 3.8) is 0 Å². The summed E-state index contributed by atoms with van der Waals surface area (Å²) in [5.41, 5.74) is 1.14. The lowest BCUT2D eigenvalue weighted by Crippen LogP contribution is -1.79. The molecule has 2 aromatic rings. The minimum absolute atomic E-state index is 0. The van der Waals surface area contributed by atoms with Crippen molar-refractivity contribution in [3.8, 4) is 0 Å². The van der Waals surface area contributed by atoms with Gasteiger partial charge in [0.2, 0.25) is 0 Å². The molecule has 0 spiro atoms. The highest BCUT2D eigenvalue weighted by atomic mass is 35.5. The van der Waals surface area contributed by atoms with Gasteiger partial charge in [0, 0.05) is 18.6 Å². The van der Waals surface area contributed by atoms with Gasteiger partial charge in [-0.25, -0.2) is 0 Å². The number of fused-ring (bicyclic) bond motifs is 1. The van der Waals surface area contributed by atoms with Gasteiger partial charge in [-0.15, -0.1) is 12.4 Å². The topological polar surface area (TPSA) is 48.8 Å². The maximum absolute atomic E-state index is 3.96. The molecular weight excluding hydrogens is 164 g/mol. The fraction of sp³-hybridized carbons (Fsp3) is 0. The number of hydrogen-bond donors (Lipinski definition) is 0.